The zero-order valence-corrected chi connectivity index (χ0v) is 9.60. The maximum Gasteiger partial charge on any atom is 0.228 e. The lowest BCUT2D eigenvalue weighted by Gasteiger charge is -2.17. The summed E-state index contributed by atoms with van der Waals surface area (Å²) in [7, 11) is 1.80. The van der Waals surface area contributed by atoms with Crippen molar-refractivity contribution in [2.24, 2.45) is 5.73 Å². The quantitative estimate of drug-likeness (QED) is 0.829. The number of aryl methyl sites for hydroxylation is 1. The minimum Gasteiger partial charge on any atom is -0.327 e. The van der Waals surface area contributed by atoms with Crippen LogP contribution in [-0.2, 0) is 4.79 Å². The number of nitrogens with zero attached hydrogens (tertiary/aromatic N) is 1. The molecule has 1 rings (SSSR count). The smallest absolute Gasteiger partial charge is 0.228 e. The molecule has 0 saturated heterocycles. The standard InChI is InChI=1S/C10H16N2OS/c1-7-4-5-14-10(7)12(3)9(13)6-8(2)11/h4-5,8H,6,11H2,1-3H3. The molecule has 0 saturated carbocycles. The number of carbonyl (C=O) groups is 1. The Morgan fingerprint density at radius 3 is 2.79 bits per heavy atom. The molecule has 0 aliphatic carbocycles. The predicted octanol–water partition coefficient (Wildman–Crippen LogP) is 1.76. The number of anilines is 1. The maximum atomic E-state index is 11.7. The van der Waals surface area contributed by atoms with Crippen molar-refractivity contribution in [3.05, 3.63) is 17.0 Å². The molecule has 1 amide bonds. The fourth-order valence-electron chi connectivity index (χ4n) is 1.23. The fourth-order valence-corrected chi connectivity index (χ4v) is 2.15. The van der Waals surface area contributed by atoms with E-state index < -0.39 is 0 Å². The van der Waals surface area contributed by atoms with Crippen LogP contribution >= 0.6 is 11.3 Å². The Morgan fingerprint density at radius 1 is 1.71 bits per heavy atom. The van der Waals surface area contributed by atoms with Crippen molar-refractivity contribution < 1.29 is 4.79 Å². The monoisotopic (exact) mass is 212 g/mol. The van der Waals surface area contributed by atoms with Gasteiger partial charge in [-0.2, -0.15) is 0 Å². The first-order chi connectivity index (χ1) is 6.52. The molecule has 0 radical (unpaired) electrons. The van der Waals surface area contributed by atoms with Crippen molar-refractivity contribution in [1.82, 2.24) is 0 Å². The van der Waals surface area contributed by atoms with Crippen LogP contribution in [-0.4, -0.2) is 19.0 Å². The van der Waals surface area contributed by atoms with E-state index in [4.69, 9.17) is 5.73 Å². The molecule has 78 valence electrons. The number of hydrogen-bond acceptors (Lipinski definition) is 3. The summed E-state index contributed by atoms with van der Waals surface area (Å²) in [5.41, 5.74) is 6.71. The number of hydrogen-bond donors (Lipinski definition) is 1. The molecule has 1 aromatic heterocycles. The number of nitrogens with two attached hydrogens (primary N) is 1. The van der Waals surface area contributed by atoms with Gasteiger partial charge in [0, 0.05) is 19.5 Å². The summed E-state index contributed by atoms with van der Waals surface area (Å²) < 4.78 is 0. The highest BCUT2D eigenvalue weighted by atomic mass is 32.1. The van der Waals surface area contributed by atoms with E-state index in [1.807, 2.05) is 25.3 Å². The molecule has 2 N–H and O–H groups in total. The van der Waals surface area contributed by atoms with Gasteiger partial charge in [0.05, 0.1) is 0 Å². The Hall–Kier alpha value is -0.870. The highest BCUT2D eigenvalue weighted by Crippen LogP contribution is 2.26. The van der Waals surface area contributed by atoms with E-state index >= 15 is 0 Å². The molecule has 14 heavy (non-hydrogen) atoms. The molecule has 1 unspecified atom stereocenters. The Morgan fingerprint density at radius 2 is 2.36 bits per heavy atom. The van der Waals surface area contributed by atoms with Crippen molar-refractivity contribution in [2.75, 3.05) is 11.9 Å². The fraction of sp³-hybridized carbons (Fsp3) is 0.500. The van der Waals surface area contributed by atoms with Gasteiger partial charge >= 0.3 is 0 Å². The average molecular weight is 212 g/mol. The molecule has 1 atom stereocenters. The lowest BCUT2D eigenvalue weighted by atomic mass is 10.2. The van der Waals surface area contributed by atoms with Crippen molar-refractivity contribution in [3.8, 4) is 0 Å². The highest BCUT2D eigenvalue weighted by molar-refractivity contribution is 7.14. The molecule has 3 nitrogen and oxygen atoms in total. The van der Waals surface area contributed by atoms with E-state index in [-0.39, 0.29) is 11.9 Å². The van der Waals surface area contributed by atoms with Gasteiger partial charge in [0.25, 0.3) is 0 Å². The molecule has 0 spiro atoms. The van der Waals surface area contributed by atoms with Crippen LogP contribution in [0.3, 0.4) is 0 Å². The Bertz CT molecular complexity index is 320. The zero-order chi connectivity index (χ0) is 10.7. The molecule has 4 heteroatoms. The second-order valence-electron chi connectivity index (χ2n) is 3.54. The Labute approximate surface area is 88.5 Å². The summed E-state index contributed by atoms with van der Waals surface area (Å²) in [4.78, 5) is 13.3. The average Bonchev–Trinajstić information content (AvgIpc) is 2.48. The van der Waals surface area contributed by atoms with Gasteiger partial charge in [0.15, 0.2) is 0 Å². The van der Waals surface area contributed by atoms with Gasteiger partial charge in [-0.15, -0.1) is 11.3 Å². The van der Waals surface area contributed by atoms with E-state index in [0.717, 1.165) is 10.6 Å². The van der Waals surface area contributed by atoms with Crippen molar-refractivity contribution in [3.63, 3.8) is 0 Å². The summed E-state index contributed by atoms with van der Waals surface area (Å²) in [6.07, 6.45) is 0.397. The molecule has 0 aliphatic rings. The Kier molecular flexibility index (Phi) is 3.66. The normalized spacial score (nSPS) is 12.6. The van der Waals surface area contributed by atoms with Gasteiger partial charge in [0.1, 0.15) is 5.00 Å². The zero-order valence-electron chi connectivity index (χ0n) is 8.78. The van der Waals surface area contributed by atoms with Gasteiger partial charge in [-0.05, 0) is 30.9 Å². The molecule has 0 bridgehead atoms. The largest absolute Gasteiger partial charge is 0.327 e. The molecule has 1 heterocycles. The van der Waals surface area contributed by atoms with E-state index in [9.17, 15) is 4.79 Å². The molecule has 0 aliphatic heterocycles. The third kappa shape index (κ3) is 2.56. The molecule has 1 aromatic rings. The summed E-state index contributed by atoms with van der Waals surface area (Å²) >= 11 is 1.58. The lowest BCUT2D eigenvalue weighted by Crippen LogP contribution is -2.31. The van der Waals surface area contributed by atoms with Gasteiger partial charge in [-0.25, -0.2) is 0 Å². The van der Waals surface area contributed by atoms with Crippen molar-refractivity contribution in [2.45, 2.75) is 26.3 Å². The molecular formula is C10H16N2OS. The van der Waals surface area contributed by atoms with E-state index in [2.05, 4.69) is 0 Å². The second kappa shape index (κ2) is 4.57. The Balaban J connectivity index is 2.71. The van der Waals surface area contributed by atoms with E-state index in [0.29, 0.717) is 6.42 Å². The summed E-state index contributed by atoms with van der Waals surface area (Å²) in [5, 5.41) is 3.00. The number of carbonyl (C=O) groups excluding carboxylic acids is 1. The maximum absolute atomic E-state index is 11.7. The molecule has 0 aromatic carbocycles. The van der Waals surface area contributed by atoms with E-state index in [1.165, 1.54) is 0 Å². The number of thiophene rings is 1. The number of rotatable bonds is 3. The van der Waals surface area contributed by atoms with Gasteiger partial charge < -0.3 is 10.6 Å². The third-order valence-corrected chi connectivity index (χ3v) is 3.10. The summed E-state index contributed by atoms with van der Waals surface area (Å²) in [6.45, 7) is 3.84. The predicted molar refractivity (Wildman–Crippen MR) is 60.7 cm³/mol. The molecular weight excluding hydrogens is 196 g/mol. The lowest BCUT2D eigenvalue weighted by molar-refractivity contribution is -0.118. The van der Waals surface area contributed by atoms with Gasteiger partial charge in [-0.3, -0.25) is 4.79 Å². The van der Waals surface area contributed by atoms with Crippen LogP contribution in [0.5, 0.6) is 0 Å². The highest BCUT2D eigenvalue weighted by Gasteiger charge is 2.14. The van der Waals surface area contributed by atoms with Crippen LogP contribution in [0.2, 0.25) is 0 Å². The van der Waals surface area contributed by atoms with Crippen LogP contribution in [0.1, 0.15) is 18.9 Å². The minimum absolute atomic E-state index is 0.0746. The van der Waals surface area contributed by atoms with Crippen LogP contribution in [0, 0.1) is 6.92 Å². The first-order valence-electron chi connectivity index (χ1n) is 4.58. The van der Waals surface area contributed by atoms with Crippen LogP contribution in [0.25, 0.3) is 0 Å². The van der Waals surface area contributed by atoms with Crippen LogP contribution < -0.4 is 10.6 Å². The molecule has 0 fully saturated rings. The van der Waals surface area contributed by atoms with Gasteiger partial charge in [-0.1, -0.05) is 0 Å². The number of amides is 1. The summed E-state index contributed by atoms with van der Waals surface area (Å²) in [5.74, 6) is 0.0746. The van der Waals surface area contributed by atoms with Crippen molar-refractivity contribution in [1.29, 1.82) is 0 Å². The minimum atomic E-state index is -0.0785. The second-order valence-corrected chi connectivity index (χ2v) is 4.44. The third-order valence-electron chi connectivity index (χ3n) is 2.01. The van der Waals surface area contributed by atoms with Crippen LogP contribution in [0.15, 0.2) is 11.4 Å². The van der Waals surface area contributed by atoms with E-state index in [1.54, 1.807) is 23.3 Å². The SMILES string of the molecule is Cc1ccsc1N(C)C(=O)CC(C)N. The summed E-state index contributed by atoms with van der Waals surface area (Å²) in [6, 6.07) is 1.93. The topological polar surface area (TPSA) is 46.3 Å². The van der Waals surface area contributed by atoms with Crippen LogP contribution in [0.4, 0.5) is 5.00 Å². The van der Waals surface area contributed by atoms with Gasteiger partial charge in [0.2, 0.25) is 5.91 Å². The first kappa shape index (κ1) is 11.2. The van der Waals surface area contributed by atoms with Crippen molar-refractivity contribution >= 4 is 22.2 Å². The first-order valence-corrected chi connectivity index (χ1v) is 5.46.